The van der Waals surface area contributed by atoms with Crippen LogP contribution in [0.1, 0.15) is 10.7 Å². The summed E-state index contributed by atoms with van der Waals surface area (Å²) >= 11 is 6.70. The van der Waals surface area contributed by atoms with Crippen LogP contribution >= 0.6 is 39.0 Å². The van der Waals surface area contributed by atoms with Gasteiger partial charge in [0, 0.05) is 26.9 Å². The van der Waals surface area contributed by atoms with Gasteiger partial charge >= 0.3 is 0 Å². The Morgan fingerprint density at radius 3 is 2.72 bits per heavy atom. The van der Waals surface area contributed by atoms with Crippen LogP contribution in [0.5, 0.6) is 0 Å². The first-order valence-corrected chi connectivity index (χ1v) is 8.27. The molecule has 18 heavy (non-hydrogen) atoms. The number of nitrogens with zero attached hydrogens (tertiary/aromatic N) is 1. The SMILES string of the molecule is Cc1nc(CC(O)CSc2ccc(Br)cc2)cs1. The molecule has 2 rings (SSSR count). The van der Waals surface area contributed by atoms with Gasteiger partial charge in [-0.3, -0.25) is 0 Å². The zero-order chi connectivity index (χ0) is 13.0. The molecule has 2 nitrogen and oxygen atoms in total. The highest BCUT2D eigenvalue weighted by molar-refractivity contribution is 9.10. The number of hydrogen-bond acceptors (Lipinski definition) is 4. The van der Waals surface area contributed by atoms with Crippen LogP contribution in [0.4, 0.5) is 0 Å². The third kappa shape index (κ3) is 4.39. The Morgan fingerprint density at radius 1 is 1.39 bits per heavy atom. The molecule has 1 heterocycles. The van der Waals surface area contributed by atoms with Gasteiger partial charge in [0.15, 0.2) is 0 Å². The van der Waals surface area contributed by atoms with Gasteiger partial charge in [-0.1, -0.05) is 15.9 Å². The molecule has 5 heteroatoms. The Labute approximate surface area is 124 Å². The Bertz CT molecular complexity index is 498. The van der Waals surface area contributed by atoms with E-state index in [1.165, 1.54) is 4.90 Å². The number of thioether (sulfide) groups is 1. The van der Waals surface area contributed by atoms with Crippen molar-refractivity contribution >= 4 is 39.0 Å². The largest absolute Gasteiger partial charge is 0.392 e. The summed E-state index contributed by atoms with van der Waals surface area (Å²) in [6.07, 6.45) is 0.286. The number of thiazole rings is 1. The predicted molar refractivity (Wildman–Crippen MR) is 81.4 cm³/mol. The fraction of sp³-hybridized carbons (Fsp3) is 0.308. The molecule has 0 aliphatic carbocycles. The average Bonchev–Trinajstić information content (AvgIpc) is 2.74. The fourth-order valence-electron chi connectivity index (χ4n) is 1.53. The van der Waals surface area contributed by atoms with Crippen molar-refractivity contribution in [3.05, 3.63) is 44.8 Å². The highest BCUT2D eigenvalue weighted by Crippen LogP contribution is 2.22. The minimum absolute atomic E-state index is 0.347. The zero-order valence-corrected chi connectivity index (χ0v) is 13.2. The molecule has 0 saturated carbocycles. The standard InChI is InChI=1S/C13H14BrNOS2/c1-9-15-11(7-17-9)6-12(16)8-18-13-4-2-10(14)3-5-13/h2-5,7,12,16H,6,8H2,1H3. The van der Waals surface area contributed by atoms with Crippen LogP contribution in [0.25, 0.3) is 0 Å². The van der Waals surface area contributed by atoms with Gasteiger partial charge in [-0.2, -0.15) is 0 Å². The van der Waals surface area contributed by atoms with Gasteiger partial charge in [0.1, 0.15) is 0 Å². The minimum Gasteiger partial charge on any atom is -0.392 e. The topological polar surface area (TPSA) is 33.1 Å². The van der Waals surface area contributed by atoms with E-state index >= 15 is 0 Å². The van der Waals surface area contributed by atoms with E-state index < -0.39 is 0 Å². The molecule has 96 valence electrons. The number of benzene rings is 1. The van der Waals surface area contributed by atoms with E-state index in [2.05, 4.69) is 33.0 Å². The zero-order valence-electron chi connectivity index (χ0n) is 9.97. The van der Waals surface area contributed by atoms with Crippen molar-refractivity contribution in [2.24, 2.45) is 0 Å². The first-order chi connectivity index (χ1) is 8.63. The fourth-order valence-corrected chi connectivity index (χ4v) is 3.25. The maximum absolute atomic E-state index is 9.96. The second kappa shape index (κ2) is 6.70. The number of halogens is 1. The lowest BCUT2D eigenvalue weighted by Crippen LogP contribution is -2.13. The minimum atomic E-state index is -0.347. The predicted octanol–water partition coefficient (Wildman–Crippen LogP) is 3.91. The number of rotatable bonds is 5. The van der Waals surface area contributed by atoms with Crippen molar-refractivity contribution in [3.63, 3.8) is 0 Å². The summed E-state index contributed by atoms with van der Waals surface area (Å²) in [7, 11) is 0. The molecule has 0 spiro atoms. The van der Waals surface area contributed by atoms with Gasteiger partial charge in [0.25, 0.3) is 0 Å². The number of hydrogen-bond donors (Lipinski definition) is 1. The normalized spacial score (nSPS) is 12.6. The summed E-state index contributed by atoms with van der Waals surface area (Å²) in [5.74, 6) is 0.693. The van der Waals surface area contributed by atoms with Crippen LogP contribution in [0.2, 0.25) is 0 Å². The molecule has 1 aromatic heterocycles. The molecule has 0 amide bonds. The van der Waals surface area contributed by atoms with Crippen LogP contribution in [-0.4, -0.2) is 21.9 Å². The summed E-state index contributed by atoms with van der Waals surface area (Å²) in [6, 6.07) is 8.12. The van der Waals surface area contributed by atoms with Crippen LogP contribution in [0, 0.1) is 6.92 Å². The molecule has 0 aliphatic rings. The number of aliphatic hydroxyl groups excluding tert-OH is 1. The summed E-state index contributed by atoms with van der Waals surface area (Å²) in [5.41, 5.74) is 0.987. The van der Waals surface area contributed by atoms with Crippen LogP contribution in [-0.2, 0) is 6.42 Å². The van der Waals surface area contributed by atoms with Crippen LogP contribution < -0.4 is 0 Å². The quantitative estimate of drug-likeness (QED) is 0.835. The number of aryl methyl sites for hydroxylation is 1. The Balaban J connectivity index is 1.81. The van der Waals surface area contributed by atoms with Gasteiger partial charge in [-0.15, -0.1) is 23.1 Å². The summed E-state index contributed by atoms with van der Waals surface area (Å²) in [5, 5.41) is 13.0. The first-order valence-electron chi connectivity index (χ1n) is 5.61. The van der Waals surface area contributed by atoms with E-state index in [4.69, 9.17) is 0 Å². The van der Waals surface area contributed by atoms with E-state index in [9.17, 15) is 5.11 Å². The lowest BCUT2D eigenvalue weighted by molar-refractivity contribution is 0.199. The average molecular weight is 344 g/mol. The summed E-state index contributed by atoms with van der Waals surface area (Å²) < 4.78 is 1.07. The maximum Gasteiger partial charge on any atom is 0.0897 e. The Hall–Kier alpha value is -0.360. The highest BCUT2D eigenvalue weighted by Gasteiger charge is 2.08. The van der Waals surface area contributed by atoms with Crippen molar-refractivity contribution in [1.29, 1.82) is 0 Å². The molecule has 0 fully saturated rings. The van der Waals surface area contributed by atoms with Gasteiger partial charge in [-0.25, -0.2) is 4.98 Å². The molecular formula is C13H14BrNOS2. The third-order valence-corrected chi connectivity index (χ3v) is 4.88. The van der Waals surface area contributed by atoms with Crippen molar-refractivity contribution in [3.8, 4) is 0 Å². The Kier molecular flexibility index (Phi) is 5.24. The Morgan fingerprint density at radius 2 is 2.11 bits per heavy atom. The van der Waals surface area contributed by atoms with Gasteiger partial charge in [-0.05, 0) is 31.2 Å². The van der Waals surface area contributed by atoms with E-state index in [0.717, 1.165) is 15.2 Å². The molecule has 0 aliphatic heterocycles. The van der Waals surface area contributed by atoms with Crippen molar-refractivity contribution in [2.75, 3.05) is 5.75 Å². The van der Waals surface area contributed by atoms with Gasteiger partial charge in [0.05, 0.1) is 16.8 Å². The molecule has 1 N–H and O–H groups in total. The molecule has 1 unspecified atom stereocenters. The van der Waals surface area contributed by atoms with Crippen LogP contribution in [0.3, 0.4) is 0 Å². The first kappa shape index (κ1) is 14.1. The van der Waals surface area contributed by atoms with Gasteiger partial charge < -0.3 is 5.11 Å². The lowest BCUT2D eigenvalue weighted by Gasteiger charge is -2.08. The van der Waals surface area contributed by atoms with E-state index in [1.54, 1.807) is 23.1 Å². The maximum atomic E-state index is 9.96. The summed E-state index contributed by atoms with van der Waals surface area (Å²) in [4.78, 5) is 5.53. The molecule has 0 radical (unpaired) electrons. The highest BCUT2D eigenvalue weighted by atomic mass is 79.9. The second-order valence-corrected chi connectivity index (χ2v) is 7.05. The smallest absolute Gasteiger partial charge is 0.0897 e. The van der Waals surface area contributed by atoms with Crippen molar-refractivity contribution in [1.82, 2.24) is 4.98 Å². The molecule has 1 atom stereocenters. The molecular weight excluding hydrogens is 330 g/mol. The third-order valence-electron chi connectivity index (χ3n) is 2.37. The van der Waals surface area contributed by atoms with E-state index in [-0.39, 0.29) is 6.10 Å². The molecule has 1 aromatic carbocycles. The number of aliphatic hydroxyl groups is 1. The van der Waals surface area contributed by atoms with E-state index in [1.807, 2.05) is 24.4 Å². The van der Waals surface area contributed by atoms with Crippen molar-refractivity contribution < 1.29 is 5.11 Å². The number of aromatic nitrogens is 1. The molecule has 0 saturated heterocycles. The van der Waals surface area contributed by atoms with E-state index in [0.29, 0.717) is 12.2 Å². The van der Waals surface area contributed by atoms with Crippen LogP contribution in [0.15, 0.2) is 39.0 Å². The van der Waals surface area contributed by atoms with Gasteiger partial charge in [0.2, 0.25) is 0 Å². The monoisotopic (exact) mass is 343 g/mol. The molecule has 0 bridgehead atoms. The second-order valence-electron chi connectivity index (χ2n) is 3.98. The lowest BCUT2D eigenvalue weighted by atomic mass is 10.2. The van der Waals surface area contributed by atoms with Crippen molar-refractivity contribution in [2.45, 2.75) is 24.3 Å². The molecule has 2 aromatic rings. The summed E-state index contributed by atoms with van der Waals surface area (Å²) in [6.45, 7) is 1.98.